The number of hydrogen-bond acceptors (Lipinski definition) is 3. The molecule has 0 amide bonds. The Hall–Kier alpha value is -1.68. The average molecular weight is 235 g/mol. The molecule has 1 aromatic carbocycles. The van der Waals surface area contributed by atoms with Crippen LogP contribution in [0.25, 0.3) is 0 Å². The van der Waals surface area contributed by atoms with Crippen LogP contribution in [0.1, 0.15) is 33.5 Å². The van der Waals surface area contributed by atoms with E-state index >= 15 is 0 Å². The monoisotopic (exact) mass is 235 g/mol. The van der Waals surface area contributed by atoms with Gasteiger partial charge in [-0.1, -0.05) is 17.7 Å². The summed E-state index contributed by atoms with van der Waals surface area (Å²) in [5.74, 6) is -1.37. The van der Waals surface area contributed by atoms with Crippen molar-refractivity contribution in [2.24, 2.45) is 5.73 Å². The lowest BCUT2D eigenvalue weighted by Gasteiger charge is -2.11. The summed E-state index contributed by atoms with van der Waals surface area (Å²) >= 11 is 0. The lowest BCUT2D eigenvalue weighted by atomic mass is 9.94. The topological polar surface area (TPSA) is 80.4 Å². The molecule has 0 bridgehead atoms. The molecule has 1 aromatic rings. The minimum atomic E-state index is -1.15. The first kappa shape index (κ1) is 13.4. The Labute approximate surface area is 100 Å². The van der Waals surface area contributed by atoms with Crippen molar-refractivity contribution in [2.45, 2.75) is 33.2 Å². The molecule has 0 fully saturated rings. The van der Waals surface area contributed by atoms with Gasteiger partial charge in [-0.3, -0.25) is 9.59 Å². The van der Waals surface area contributed by atoms with Crippen LogP contribution in [0.2, 0.25) is 0 Å². The zero-order valence-electron chi connectivity index (χ0n) is 10.3. The lowest BCUT2D eigenvalue weighted by molar-refractivity contribution is -0.138. The molecular formula is C13H17NO3. The molecule has 92 valence electrons. The van der Waals surface area contributed by atoms with E-state index in [4.69, 9.17) is 10.8 Å². The number of aryl methyl sites for hydroxylation is 3. The Morgan fingerprint density at radius 1 is 1.24 bits per heavy atom. The maximum atomic E-state index is 12.0. The first-order valence-corrected chi connectivity index (χ1v) is 5.42. The molecule has 0 spiro atoms. The first-order chi connectivity index (χ1) is 7.82. The number of carboxylic acids is 1. The van der Waals surface area contributed by atoms with Gasteiger partial charge in [0, 0.05) is 12.0 Å². The summed E-state index contributed by atoms with van der Waals surface area (Å²) in [4.78, 5) is 22.6. The second-order valence-corrected chi connectivity index (χ2v) is 4.35. The number of Topliss-reactive ketones (excluding diaryl/α,β-unsaturated/α-hetero) is 1. The number of carbonyl (C=O) groups is 2. The number of ketones is 1. The molecule has 0 saturated heterocycles. The van der Waals surface area contributed by atoms with Gasteiger partial charge >= 0.3 is 5.97 Å². The van der Waals surface area contributed by atoms with E-state index in [-0.39, 0.29) is 12.2 Å². The van der Waals surface area contributed by atoms with E-state index in [0.29, 0.717) is 5.56 Å². The van der Waals surface area contributed by atoms with Crippen molar-refractivity contribution in [3.8, 4) is 0 Å². The highest BCUT2D eigenvalue weighted by Crippen LogP contribution is 2.18. The van der Waals surface area contributed by atoms with Gasteiger partial charge in [-0.25, -0.2) is 0 Å². The minimum absolute atomic E-state index is 0.167. The van der Waals surface area contributed by atoms with Crippen molar-refractivity contribution in [3.63, 3.8) is 0 Å². The fourth-order valence-corrected chi connectivity index (χ4v) is 2.01. The van der Waals surface area contributed by atoms with Crippen LogP contribution in [-0.2, 0) is 4.79 Å². The predicted octanol–water partition coefficient (Wildman–Crippen LogP) is 1.60. The van der Waals surface area contributed by atoms with Gasteiger partial charge in [0.05, 0.1) is 0 Å². The maximum absolute atomic E-state index is 12.0. The van der Waals surface area contributed by atoms with Crippen LogP contribution in [0.3, 0.4) is 0 Å². The molecule has 0 aliphatic rings. The molecule has 0 radical (unpaired) electrons. The molecule has 4 heteroatoms. The molecule has 0 aromatic heterocycles. The summed E-state index contributed by atoms with van der Waals surface area (Å²) in [6.45, 7) is 5.65. The SMILES string of the molecule is Cc1cc(C)c(C(=O)C[C@H](N)C(=O)O)c(C)c1. The summed E-state index contributed by atoms with van der Waals surface area (Å²) in [5, 5.41) is 8.68. The molecule has 0 heterocycles. The largest absolute Gasteiger partial charge is 0.480 e. The Morgan fingerprint density at radius 2 is 1.71 bits per heavy atom. The number of nitrogens with two attached hydrogens (primary N) is 1. The van der Waals surface area contributed by atoms with Crippen LogP contribution in [0.4, 0.5) is 0 Å². The molecule has 0 saturated carbocycles. The van der Waals surface area contributed by atoms with Gasteiger partial charge in [0.25, 0.3) is 0 Å². The Bertz CT molecular complexity index is 443. The van der Waals surface area contributed by atoms with Gasteiger partial charge in [0.1, 0.15) is 6.04 Å². The number of benzene rings is 1. The van der Waals surface area contributed by atoms with E-state index < -0.39 is 12.0 Å². The van der Waals surface area contributed by atoms with E-state index in [2.05, 4.69) is 0 Å². The van der Waals surface area contributed by atoms with Crippen LogP contribution >= 0.6 is 0 Å². The summed E-state index contributed by atoms with van der Waals surface area (Å²) in [6, 6.07) is 2.68. The van der Waals surface area contributed by atoms with Crippen LogP contribution in [0, 0.1) is 20.8 Å². The van der Waals surface area contributed by atoms with Crippen LogP contribution in [-0.4, -0.2) is 22.9 Å². The molecular weight excluding hydrogens is 218 g/mol. The van der Waals surface area contributed by atoms with Crippen LogP contribution in [0.5, 0.6) is 0 Å². The standard InChI is InChI=1S/C13H17NO3/c1-7-4-8(2)12(9(3)5-7)11(15)6-10(14)13(16)17/h4-5,10H,6,14H2,1-3H3,(H,16,17)/t10-/m0/s1. The van der Waals surface area contributed by atoms with Gasteiger partial charge in [-0.05, 0) is 31.9 Å². The molecule has 4 nitrogen and oxygen atoms in total. The highest BCUT2D eigenvalue weighted by Gasteiger charge is 2.20. The van der Waals surface area contributed by atoms with Crippen LogP contribution < -0.4 is 5.73 Å². The zero-order chi connectivity index (χ0) is 13.2. The number of hydrogen-bond donors (Lipinski definition) is 2. The number of aliphatic carboxylic acids is 1. The quantitative estimate of drug-likeness (QED) is 0.777. The highest BCUT2D eigenvalue weighted by molar-refractivity contribution is 6.01. The second kappa shape index (κ2) is 5.10. The third-order valence-electron chi connectivity index (χ3n) is 2.68. The molecule has 1 rings (SSSR count). The van der Waals surface area contributed by atoms with Crippen molar-refractivity contribution in [1.29, 1.82) is 0 Å². The van der Waals surface area contributed by atoms with Crippen molar-refractivity contribution >= 4 is 11.8 Å². The summed E-state index contributed by atoms with van der Waals surface area (Å²) in [5.41, 5.74) is 8.77. The van der Waals surface area contributed by atoms with Gasteiger partial charge in [0.15, 0.2) is 5.78 Å². The molecule has 0 aliphatic carbocycles. The van der Waals surface area contributed by atoms with Gasteiger partial charge in [0.2, 0.25) is 0 Å². The maximum Gasteiger partial charge on any atom is 0.320 e. The van der Waals surface area contributed by atoms with Crippen molar-refractivity contribution in [2.75, 3.05) is 0 Å². The van der Waals surface area contributed by atoms with E-state index in [9.17, 15) is 9.59 Å². The van der Waals surface area contributed by atoms with Crippen molar-refractivity contribution in [1.82, 2.24) is 0 Å². The zero-order valence-corrected chi connectivity index (χ0v) is 10.3. The fourth-order valence-electron chi connectivity index (χ4n) is 2.01. The second-order valence-electron chi connectivity index (χ2n) is 4.35. The van der Waals surface area contributed by atoms with Crippen molar-refractivity contribution < 1.29 is 14.7 Å². The summed E-state index contributed by atoms with van der Waals surface area (Å²) < 4.78 is 0. The molecule has 3 N–H and O–H groups in total. The molecule has 17 heavy (non-hydrogen) atoms. The number of carbonyl (C=O) groups excluding carboxylic acids is 1. The van der Waals surface area contributed by atoms with Crippen molar-refractivity contribution in [3.05, 3.63) is 34.4 Å². The highest BCUT2D eigenvalue weighted by atomic mass is 16.4. The third kappa shape index (κ3) is 3.14. The number of carboxylic acid groups (broad SMARTS) is 1. The van der Waals surface area contributed by atoms with E-state index in [1.807, 2.05) is 32.9 Å². The van der Waals surface area contributed by atoms with Crippen LogP contribution in [0.15, 0.2) is 12.1 Å². The minimum Gasteiger partial charge on any atom is -0.480 e. The van der Waals surface area contributed by atoms with E-state index in [1.165, 1.54) is 0 Å². The normalized spacial score (nSPS) is 12.2. The third-order valence-corrected chi connectivity index (χ3v) is 2.68. The average Bonchev–Trinajstić information content (AvgIpc) is 2.15. The summed E-state index contributed by atoms with van der Waals surface area (Å²) in [6.07, 6.45) is -0.167. The Balaban J connectivity index is 3.01. The first-order valence-electron chi connectivity index (χ1n) is 5.42. The lowest BCUT2D eigenvalue weighted by Crippen LogP contribution is -2.32. The summed E-state index contributed by atoms with van der Waals surface area (Å²) in [7, 11) is 0. The molecule has 0 unspecified atom stereocenters. The van der Waals surface area contributed by atoms with Gasteiger partial charge < -0.3 is 10.8 Å². The fraction of sp³-hybridized carbons (Fsp3) is 0.385. The van der Waals surface area contributed by atoms with Gasteiger partial charge in [-0.15, -0.1) is 0 Å². The predicted molar refractivity (Wildman–Crippen MR) is 65.2 cm³/mol. The van der Waals surface area contributed by atoms with Gasteiger partial charge in [-0.2, -0.15) is 0 Å². The smallest absolute Gasteiger partial charge is 0.320 e. The molecule has 1 atom stereocenters. The Kier molecular flexibility index (Phi) is 4.02. The van der Waals surface area contributed by atoms with E-state index in [1.54, 1.807) is 0 Å². The Morgan fingerprint density at radius 3 is 2.12 bits per heavy atom. The molecule has 0 aliphatic heterocycles. The number of rotatable bonds is 4. The van der Waals surface area contributed by atoms with E-state index in [0.717, 1.165) is 16.7 Å².